The molecular formula is C15H23NO3. The maximum Gasteiger partial charge on any atom is 0.161 e. The highest BCUT2D eigenvalue weighted by molar-refractivity contribution is 5.39. The molecule has 1 aromatic carbocycles. The van der Waals surface area contributed by atoms with Crippen LogP contribution in [0.3, 0.4) is 0 Å². The Balaban J connectivity index is 1.87. The molecule has 1 aliphatic rings. The summed E-state index contributed by atoms with van der Waals surface area (Å²) in [5.74, 6) is 1.52. The van der Waals surface area contributed by atoms with Gasteiger partial charge in [-0.2, -0.15) is 0 Å². The molecule has 1 fully saturated rings. The summed E-state index contributed by atoms with van der Waals surface area (Å²) >= 11 is 0. The molecule has 1 unspecified atom stereocenters. The zero-order chi connectivity index (χ0) is 13.9. The molecule has 0 amide bonds. The second-order valence-corrected chi connectivity index (χ2v) is 5.77. The fourth-order valence-corrected chi connectivity index (χ4v) is 2.04. The van der Waals surface area contributed by atoms with Crippen molar-refractivity contribution < 1.29 is 14.2 Å². The number of benzene rings is 1. The van der Waals surface area contributed by atoms with Crippen molar-refractivity contribution in [2.75, 3.05) is 27.0 Å². The van der Waals surface area contributed by atoms with E-state index in [0.29, 0.717) is 13.3 Å². The van der Waals surface area contributed by atoms with Gasteiger partial charge in [0, 0.05) is 12.1 Å². The summed E-state index contributed by atoms with van der Waals surface area (Å²) in [4.78, 5) is 2.31. The quantitative estimate of drug-likeness (QED) is 0.837. The van der Waals surface area contributed by atoms with E-state index in [2.05, 4.69) is 25.7 Å². The Kier molecular flexibility index (Phi) is 4.32. The van der Waals surface area contributed by atoms with Crippen LogP contribution in [0.4, 0.5) is 0 Å². The standard InChI is InChI=1S/C15H23NO3/c1-15(2,3)16-9-12(19-11-16)10-18-14-8-6-5-7-13(14)17-4/h5-8,12H,9-11H2,1-4H3. The largest absolute Gasteiger partial charge is 0.493 e. The summed E-state index contributed by atoms with van der Waals surface area (Å²) in [7, 11) is 1.65. The van der Waals surface area contributed by atoms with Crippen LogP contribution in [0.2, 0.25) is 0 Å². The molecule has 0 N–H and O–H groups in total. The van der Waals surface area contributed by atoms with Gasteiger partial charge < -0.3 is 14.2 Å². The molecule has 2 rings (SSSR count). The van der Waals surface area contributed by atoms with E-state index in [1.807, 2.05) is 24.3 Å². The zero-order valence-corrected chi connectivity index (χ0v) is 12.2. The van der Waals surface area contributed by atoms with Crippen LogP contribution in [0.5, 0.6) is 11.5 Å². The maximum absolute atomic E-state index is 5.80. The maximum atomic E-state index is 5.80. The van der Waals surface area contributed by atoms with E-state index in [1.165, 1.54) is 0 Å². The first-order valence-electron chi connectivity index (χ1n) is 6.63. The molecule has 1 atom stereocenters. The Morgan fingerprint density at radius 1 is 1.26 bits per heavy atom. The summed E-state index contributed by atoms with van der Waals surface area (Å²) in [6.45, 7) is 8.70. The van der Waals surface area contributed by atoms with Gasteiger partial charge in [-0.05, 0) is 32.9 Å². The molecule has 106 valence electrons. The topological polar surface area (TPSA) is 30.9 Å². The lowest BCUT2D eigenvalue weighted by Crippen LogP contribution is -2.40. The van der Waals surface area contributed by atoms with Gasteiger partial charge in [0.1, 0.15) is 19.4 Å². The number of hydrogen-bond acceptors (Lipinski definition) is 4. The van der Waals surface area contributed by atoms with E-state index in [-0.39, 0.29) is 11.6 Å². The van der Waals surface area contributed by atoms with Gasteiger partial charge in [-0.1, -0.05) is 12.1 Å². The molecule has 0 saturated carbocycles. The third kappa shape index (κ3) is 3.61. The molecule has 0 bridgehead atoms. The van der Waals surface area contributed by atoms with Crippen molar-refractivity contribution in [2.24, 2.45) is 0 Å². The highest BCUT2D eigenvalue weighted by atomic mass is 16.6. The predicted octanol–water partition coefficient (Wildman–Crippen LogP) is 2.53. The SMILES string of the molecule is COc1ccccc1OCC1CN(C(C)(C)C)CO1. The Morgan fingerprint density at radius 2 is 1.95 bits per heavy atom. The van der Waals surface area contributed by atoms with E-state index >= 15 is 0 Å². The summed E-state index contributed by atoms with van der Waals surface area (Å²) in [5.41, 5.74) is 0.138. The van der Waals surface area contributed by atoms with Gasteiger partial charge >= 0.3 is 0 Å². The number of rotatable bonds is 4. The lowest BCUT2D eigenvalue weighted by molar-refractivity contribution is 0.0427. The van der Waals surface area contributed by atoms with Crippen molar-refractivity contribution >= 4 is 0 Å². The number of para-hydroxylation sites is 2. The molecule has 4 nitrogen and oxygen atoms in total. The molecule has 1 heterocycles. The van der Waals surface area contributed by atoms with Crippen molar-refractivity contribution in [2.45, 2.75) is 32.4 Å². The number of ether oxygens (including phenoxy) is 3. The lowest BCUT2D eigenvalue weighted by atomic mass is 10.1. The predicted molar refractivity (Wildman–Crippen MR) is 74.7 cm³/mol. The van der Waals surface area contributed by atoms with E-state index in [1.54, 1.807) is 7.11 Å². The third-order valence-corrected chi connectivity index (χ3v) is 3.33. The van der Waals surface area contributed by atoms with Crippen LogP contribution in [-0.4, -0.2) is 43.5 Å². The van der Waals surface area contributed by atoms with Crippen LogP contribution >= 0.6 is 0 Å². The molecule has 0 spiro atoms. The van der Waals surface area contributed by atoms with E-state index in [9.17, 15) is 0 Å². The molecule has 4 heteroatoms. The minimum atomic E-state index is 0.115. The van der Waals surface area contributed by atoms with Crippen molar-refractivity contribution in [3.05, 3.63) is 24.3 Å². The first-order chi connectivity index (χ1) is 9.00. The van der Waals surface area contributed by atoms with Gasteiger partial charge in [0.25, 0.3) is 0 Å². The summed E-state index contributed by atoms with van der Waals surface area (Å²) in [6.07, 6.45) is 0.115. The Hall–Kier alpha value is -1.26. The smallest absolute Gasteiger partial charge is 0.161 e. The summed E-state index contributed by atoms with van der Waals surface area (Å²) < 4.78 is 16.8. The zero-order valence-electron chi connectivity index (χ0n) is 12.2. The highest BCUT2D eigenvalue weighted by Crippen LogP contribution is 2.27. The molecule has 1 saturated heterocycles. The molecule has 1 aromatic rings. The summed E-state index contributed by atoms with van der Waals surface area (Å²) in [6, 6.07) is 7.68. The second-order valence-electron chi connectivity index (χ2n) is 5.77. The Bertz CT molecular complexity index is 414. The van der Waals surface area contributed by atoms with Gasteiger partial charge in [-0.3, -0.25) is 4.90 Å². The molecule has 1 aliphatic heterocycles. The molecular weight excluding hydrogens is 242 g/mol. The van der Waals surface area contributed by atoms with E-state index in [0.717, 1.165) is 18.0 Å². The first kappa shape index (κ1) is 14.2. The number of nitrogens with zero attached hydrogens (tertiary/aromatic N) is 1. The van der Waals surface area contributed by atoms with Gasteiger partial charge in [0.05, 0.1) is 7.11 Å². The van der Waals surface area contributed by atoms with Crippen LogP contribution in [0, 0.1) is 0 Å². The van der Waals surface area contributed by atoms with Crippen molar-refractivity contribution in [1.29, 1.82) is 0 Å². The van der Waals surface area contributed by atoms with Crippen molar-refractivity contribution in [3.63, 3.8) is 0 Å². The molecule has 19 heavy (non-hydrogen) atoms. The first-order valence-corrected chi connectivity index (χ1v) is 6.63. The van der Waals surface area contributed by atoms with Crippen molar-refractivity contribution in [1.82, 2.24) is 4.90 Å². The third-order valence-electron chi connectivity index (χ3n) is 3.33. The van der Waals surface area contributed by atoms with Crippen LogP contribution in [0.1, 0.15) is 20.8 Å². The Morgan fingerprint density at radius 3 is 2.53 bits per heavy atom. The lowest BCUT2D eigenvalue weighted by Gasteiger charge is -2.29. The fraction of sp³-hybridized carbons (Fsp3) is 0.600. The molecule has 0 aliphatic carbocycles. The second kappa shape index (κ2) is 5.80. The monoisotopic (exact) mass is 265 g/mol. The van der Waals surface area contributed by atoms with Gasteiger partial charge in [0.2, 0.25) is 0 Å². The minimum Gasteiger partial charge on any atom is -0.493 e. The normalized spacial score (nSPS) is 20.5. The molecule has 0 radical (unpaired) electrons. The van der Waals surface area contributed by atoms with Gasteiger partial charge in [0.15, 0.2) is 11.5 Å². The van der Waals surface area contributed by atoms with Gasteiger partial charge in [-0.25, -0.2) is 0 Å². The summed E-state index contributed by atoms with van der Waals surface area (Å²) in [5, 5.41) is 0. The minimum absolute atomic E-state index is 0.115. The average Bonchev–Trinajstić information content (AvgIpc) is 2.85. The number of methoxy groups -OCH3 is 1. The van der Waals surface area contributed by atoms with Crippen LogP contribution in [0.25, 0.3) is 0 Å². The van der Waals surface area contributed by atoms with E-state index < -0.39 is 0 Å². The highest BCUT2D eigenvalue weighted by Gasteiger charge is 2.31. The average molecular weight is 265 g/mol. The number of hydrogen-bond donors (Lipinski definition) is 0. The van der Waals surface area contributed by atoms with E-state index in [4.69, 9.17) is 14.2 Å². The fourth-order valence-electron chi connectivity index (χ4n) is 2.04. The molecule has 0 aromatic heterocycles. The van der Waals surface area contributed by atoms with Crippen LogP contribution in [-0.2, 0) is 4.74 Å². The van der Waals surface area contributed by atoms with Crippen molar-refractivity contribution in [3.8, 4) is 11.5 Å². The van der Waals surface area contributed by atoms with Crippen LogP contribution in [0.15, 0.2) is 24.3 Å². The Labute approximate surface area is 115 Å². The van der Waals surface area contributed by atoms with Gasteiger partial charge in [-0.15, -0.1) is 0 Å². The van der Waals surface area contributed by atoms with Crippen LogP contribution < -0.4 is 9.47 Å².